The second-order valence-electron chi connectivity index (χ2n) is 9.07. The Morgan fingerprint density at radius 2 is 1.84 bits per heavy atom. The van der Waals surface area contributed by atoms with Crippen molar-refractivity contribution in [1.82, 2.24) is 4.57 Å². The third-order valence-electron chi connectivity index (χ3n) is 7.01. The topological polar surface area (TPSA) is 96.0 Å². The van der Waals surface area contributed by atoms with Gasteiger partial charge in [-0.3, -0.25) is 19.5 Å². The number of hydrogen-bond donors (Lipinski definition) is 0. The molecular formula is C29H23N3O5S. The van der Waals surface area contributed by atoms with E-state index >= 15 is 0 Å². The minimum Gasteiger partial charge on any atom is -0.497 e. The van der Waals surface area contributed by atoms with E-state index in [4.69, 9.17) is 14.5 Å². The largest absolute Gasteiger partial charge is 0.497 e. The number of nitro groups is 1. The summed E-state index contributed by atoms with van der Waals surface area (Å²) in [6.07, 6.45) is 3.36. The molecule has 190 valence electrons. The van der Waals surface area contributed by atoms with E-state index in [1.807, 2.05) is 30.3 Å². The summed E-state index contributed by atoms with van der Waals surface area (Å²) in [5, 5.41) is 11.0. The highest BCUT2D eigenvalue weighted by Crippen LogP contribution is 2.44. The van der Waals surface area contributed by atoms with Crippen LogP contribution in [0.15, 0.2) is 82.1 Å². The van der Waals surface area contributed by atoms with E-state index in [0.717, 1.165) is 35.2 Å². The summed E-state index contributed by atoms with van der Waals surface area (Å²) < 4.78 is 13.5. The number of nitro benzene ring substituents is 1. The number of hydrogen-bond acceptors (Lipinski definition) is 7. The van der Waals surface area contributed by atoms with Crippen LogP contribution in [0.2, 0.25) is 0 Å². The highest BCUT2D eigenvalue weighted by atomic mass is 32.1. The van der Waals surface area contributed by atoms with Gasteiger partial charge in [-0.1, -0.05) is 35.6 Å². The minimum atomic E-state index is -0.443. The van der Waals surface area contributed by atoms with Crippen LogP contribution in [0.3, 0.4) is 0 Å². The zero-order chi connectivity index (χ0) is 26.4. The molecule has 3 aromatic carbocycles. The normalized spacial score (nSPS) is 16.3. The van der Waals surface area contributed by atoms with Gasteiger partial charge in [-0.2, -0.15) is 0 Å². The van der Waals surface area contributed by atoms with Gasteiger partial charge in [0, 0.05) is 23.3 Å². The van der Waals surface area contributed by atoms with Crippen molar-refractivity contribution in [2.24, 2.45) is 4.99 Å². The molecule has 0 N–H and O–H groups in total. The van der Waals surface area contributed by atoms with E-state index in [1.54, 1.807) is 37.0 Å². The smallest absolute Gasteiger partial charge is 0.271 e. The van der Waals surface area contributed by atoms with E-state index in [1.165, 1.54) is 29.0 Å². The Labute approximate surface area is 221 Å². The Morgan fingerprint density at radius 1 is 1.05 bits per heavy atom. The van der Waals surface area contributed by atoms with Gasteiger partial charge in [-0.25, -0.2) is 4.99 Å². The first-order chi connectivity index (χ1) is 18.5. The standard InChI is InChI=1S/C29H23N3O5S/c1-36-20-12-14-24(37-2)23(16-20)27-22-13-9-18-5-3-4-6-21(18)26(22)30-29-31(27)28(33)25(38-29)15-17-7-10-19(11-8-17)32(34)35/h3-8,10-12,14-16,27H,9,13H2,1-2H3. The summed E-state index contributed by atoms with van der Waals surface area (Å²) in [5.74, 6) is 1.33. The van der Waals surface area contributed by atoms with Crippen molar-refractivity contribution < 1.29 is 14.4 Å². The van der Waals surface area contributed by atoms with Crippen LogP contribution in [0, 0.1) is 10.1 Å². The van der Waals surface area contributed by atoms with Gasteiger partial charge in [0.2, 0.25) is 0 Å². The van der Waals surface area contributed by atoms with Crippen LogP contribution >= 0.6 is 11.3 Å². The molecule has 4 aromatic rings. The third kappa shape index (κ3) is 3.92. The zero-order valence-corrected chi connectivity index (χ0v) is 21.5. The van der Waals surface area contributed by atoms with Gasteiger partial charge >= 0.3 is 0 Å². The van der Waals surface area contributed by atoms with Crippen molar-refractivity contribution in [2.45, 2.75) is 18.9 Å². The van der Waals surface area contributed by atoms with Crippen LogP contribution < -0.4 is 24.4 Å². The average molecular weight is 526 g/mol. The quantitative estimate of drug-likeness (QED) is 0.287. The molecule has 6 rings (SSSR count). The molecule has 0 amide bonds. The fraction of sp³-hybridized carbons (Fsp3) is 0.172. The lowest BCUT2D eigenvalue weighted by Crippen LogP contribution is -2.39. The predicted molar refractivity (Wildman–Crippen MR) is 145 cm³/mol. The van der Waals surface area contributed by atoms with Crippen LogP contribution in [0.1, 0.15) is 34.7 Å². The summed E-state index contributed by atoms with van der Waals surface area (Å²) in [6.45, 7) is 0. The molecule has 1 unspecified atom stereocenters. The van der Waals surface area contributed by atoms with Gasteiger partial charge in [0.25, 0.3) is 11.2 Å². The molecule has 1 aliphatic heterocycles. The summed E-state index contributed by atoms with van der Waals surface area (Å²) in [4.78, 5) is 30.1. The van der Waals surface area contributed by atoms with Crippen LogP contribution in [0.25, 0.3) is 11.8 Å². The summed E-state index contributed by atoms with van der Waals surface area (Å²) in [6, 6.07) is 19.6. The third-order valence-corrected chi connectivity index (χ3v) is 7.99. The van der Waals surface area contributed by atoms with Crippen molar-refractivity contribution in [3.05, 3.63) is 124 Å². The maximum Gasteiger partial charge on any atom is 0.271 e. The van der Waals surface area contributed by atoms with E-state index in [2.05, 4.69) is 12.1 Å². The summed E-state index contributed by atoms with van der Waals surface area (Å²) >= 11 is 1.31. The lowest BCUT2D eigenvalue weighted by molar-refractivity contribution is -0.384. The number of allylic oxidation sites excluding steroid dienone is 1. The van der Waals surface area contributed by atoms with Crippen molar-refractivity contribution in [1.29, 1.82) is 0 Å². The highest BCUT2D eigenvalue weighted by Gasteiger charge is 2.34. The lowest BCUT2D eigenvalue weighted by Gasteiger charge is -2.31. The van der Waals surface area contributed by atoms with E-state index in [9.17, 15) is 14.9 Å². The van der Waals surface area contributed by atoms with Crippen molar-refractivity contribution in [3.63, 3.8) is 0 Å². The molecular weight excluding hydrogens is 502 g/mol. The number of aromatic nitrogens is 1. The van der Waals surface area contributed by atoms with E-state index in [0.29, 0.717) is 26.4 Å². The molecule has 0 saturated heterocycles. The second kappa shape index (κ2) is 9.42. The van der Waals surface area contributed by atoms with Crippen LogP contribution in [-0.2, 0) is 6.42 Å². The first-order valence-corrected chi connectivity index (χ1v) is 12.9. The van der Waals surface area contributed by atoms with Gasteiger partial charge in [-0.05, 0) is 65.9 Å². The highest BCUT2D eigenvalue weighted by molar-refractivity contribution is 7.07. The van der Waals surface area contributed by atoms with Gasteiger partial charge in [0.05, 0.1) is 35.4 Å². The minimum absolute atomic E-state index is 0.0000652. The van der Waals surface area contributed by atoms with Gasteiger partial charge in [0.1, 0.15) is 11.5 Å². The molecule has 38 heavy (non-hydrogen) atoms. The molecule has 1 aliphatic carbocycles. The molecule has 2 heterocycles. The second-order valence-corrected chi connectivity index (χ2v) is 10.1. The van der Waals surface area contributed by atoms with Crippen molar-refractivity contribution in [2.75, 3.05) is 14.2 Å². The number of thiazole rings is 1. The Kier molecular flexibility index (Phi) is 5.92. The monoisotopic (exact) mass is 525 g/mol. The van der Waals surface area contributed by atoms with Crippen LogP contribution in [-0.4, -0.2) is 23.7 Å². The molecule has 0 saturated carbocycles. The fourth-order valence-corrected chi connectivity index (χ4v) is 6.20. The SMILES string of the molecule is COc1ccc(OC)c(C2C3=C(N=c4sc(=Cc5ccc([N+](=O)[O-])cc5)c(=O)n42)c2ccccc2CC3)c1. The molecule has 2 aliphatic rings. The molecule has 0 spiro atoms. The van der Waals surface area contributed by atoms with Gasteiger partial charge in [0.15, 0.2) is 4.80 Å². The van der Waals surface area contributed by atoms with Crippen molar-refractivity contribution in [3.8, 4) is 11.5 Å². The zero-order valence-electron chi connectivity index (χ0n) is 20.7. The van der Waals surface area contributed by atoms with Crippen molar-refractivity contribution >= 4 is 28.8 Å². The Morgan fingerprint density at radius 3 is 2.58 bits per heavy atom. The Bertz CT molecular complexity index is 1800. The number of ether oxygens (including phenoxy) is 2. The van der Waals surface area contributed by atoms with E-state index in [-0.39, 0.29) is 11.2 Å². The number of benzene rings is 3. The molecule has 1 atom stereocenters. The Balaban J connectivity index is 1.61. The predicted octanol–water partition coefficient (Wildman–Crippen LogP) is 4.24. The maximum absolute atomic E-state index is 13.9. The average Bonchev–Trinajstić information content (AvgIpc) is 3.25. The molecule has 9 heteroatoms. The van der Waals surface area contributed by atoms with Gasteiger partial charge < -0.3 is 9.47 Å². The van der Waals surface area contributed by atoms with Gasteiger partial charge in [-0.15, -0.1) is 0 Å². The number of methoxy groups -OCH3 is 2. The fourth-order valence-electron chi connectivity index (χ4n) is 5.20. The number of non-ortho nitro benzene ring substituents is 1. The molecule has 0 radical (unpaired) electrons. The Hall–Kier alpha value is -4.50. The maximum atomic E-state index is 13.9. The first kappa shape index (κ1) is 23.9. The molecule has 8 nitrogen and oxygen atoms in total. The summed E-state index contributed by atoms with van der Waals surface area (Å²) in [5.41, 5.74) is 5.62. The molecule has 1 aromatic heterocycles. The van der Waals surface area contributed by atoms with Crippen LogP contribution in [0.4, 0.5) is 5.69 Å². The number of aryl methyl sites for hydroxylation is 1. The molecule has 0 fully saturated rings. The molecule has 0 bridgehead atoms. The number of fused-ring (bicyclic) bond motifs is 3. The number of rotatable bonds is 5. The van der Waals surface area contributed by atoms with E-state index < -0.39 is 11.0 Å². The van der Waals surface area contributed by atoms with Crippen LogP contribution in [0.5, 0.6) is 11.5 Å². The first-order valence-electron chi connectivity index (χ1n) is 12.1. The lowest BCUT2D eigenvalue weighted by atomic mass is 9.83. The number of nitrogens with zero attached hydrogens (tertiary/aromatic N) is 3. The summed E-state index contributed by atoms with van der Waals surface area (Å²) in [7, 11) is 3.23.